The van der Waals surface area contributed by atoms with Crippen LogP contribution in [-0.2, 0) is 0 Å². The van der Waals surface area contributed by atoms with E-state index in [1.807, 2.05) is 0 Å². The summed E-state index contributed by atoms with van der Waals surface area (Å²) in [6, 6.07) is 11.4. The first-order valence-electron chi connectivity index (χ1n) is 5.01. The zero-order valence-electron chi connectivity index (χ0n) is 9.33. The van der Waals surface area contributed by atoms with Crippen LogP contribution < -0.4 is 5.73 Å². The monoisotopic (exact) mass is 265 g/mol. The highest BCUT2D eigenvalue weighted by Crippen LogP contribution is 2.34. The molecule has 0 aliphatic rings. The van der Waals surface area contributed by atoms with Crippen LogP contribution in [0.2, 0.25) is 0 Å². The van der Waals surface area contributed by atoms with Gasteiger partial charge in [-0.25, -0.2) is 4.79 Å². The van der Waals surface area contributed by atoms with Crippen LogP contribution in [0.25, 0.3) is 11.1 Å². The summed E-state index contributed by atoms with van der Waals surface area (Å²) < 4.78 is 0. The van der Waals surface area contributed by atoms with Gasteiger partial charge in [0.2, 0.25) is 0 Å². The van der Waals surface area contributed by atoms with Crippen molar-refractivity contribution in [2.24, 2.45) is 0 Å². The summed E-state index contributed by atoms with van der Waals surface area (Å²) >= 11 is 0. The first-order valence-corrected chi connectivity index (χ1v) is 5.01. The molecule has 0 unspecified atom stereocenters. The number of aromatic carboxylic acids is 1. The summed E-state index contributed by atoms with van der Waals surface area (Å²) in [7, 11) is 0. The van der Waals surface area contributed by atoms with Crippen LogP contribution >= 0.6 is 12.4 Å². The number of phenolic OH excluding ortho intramolecular Hbond substituents is 1. The lowest BCUT2D eigenvalue weighted by Gasteiger charge is -2.09. The van der Waals surface area contributed by atoms with Gasteiger partial charge in [-0.05, 0) is 12.1 Å². The average Bonchev–Trinajstić information content (AvgIpc) is 2.30. The number of aromatic hydroxyl groups is 1. The summed E-state index contributed by atoms with van der Waals surface area (Å²) in [4.78, 5) is 10.9. The highest BCUT2D eigenvalue weighted by atomic mass is 35.5. The quantitative estimate of drug-likeness (QED) is 0.729. The van der Waals surface area contributed by atoms with Gasteiger partial charge in [0, 0.05) is 11.1 Å². The van der Waals surface area contributed by atoms with E-state index >= 15 is 0 Å². The Morgan fingerprint density at radius 1 is 1.00 bits per heavy atom. The number of nitrogen functional groups attached to an aromatic ring is 1. The molecule has 2 aromatic carbocycles. The number of carboxylic acids is 1. The molecule has 5 heteroatoms. The number of nitrogens with two attached hydrogens (primary N) is 1. The predicted molar refractivity (Wildman–Crippen MR) is 72.2 cm³/mol. The second kappa shape index (κ2) is 5.42. The van der Waals surface area contributed by atoms with Crippen molar-refractivity contribution in [3.8, 4) is 16.9 Å². The minimum absolute atomic E-state index is 0. The van der Waals surface area contributed by atoms with Gasteiger partial charge in [-0.2, -0.15) is 0 Å². The molecule has 4 N–H and O–H groups in total. The van der Waals surface area contributed by atoms with E-state index in [2.05, 4.69) is 0 Å². The summed E-state index contributed by atoms with van der Waals surface area (Å²) in [5.74, 6) is -1.01. The Morgan fingerprint density at radius 2 is 1.61 bits per heavy atom. The van der Waals surface area contributed by atoms with Gasteiger partial charge in [-0.1, -0.05) is 30.3 Å². The molecular formula is C13H12ClNO3. The maximum Gasteiger partial charge on any atom is 0.337 e. The van der Waals surface area contributed by atoms with Gasteiger partial charge in [0.05, 0.1) is 11.3 Å². The van der Waals surface area contributed by atoms with Crippen molar-refractivity contribution in [1.82, 2.24) is 0 Å². The van der Waals surface area contributed by atoms with E-state index in [0.29, 0.717) is 11.1 Å². The molecule has 0 fully saturated rings. The van der Waals surface area contributed by atoms with Crippen LogP contribution in [-0.4, -0.2) is 16.2 Å². The number of carbonyl (C=O) groups is 1. The molecule has 2 rings (SSSR count). The van der Waals surface area contributed by atoms with E-state index in [9.17, 15) is 9.90 Å². The Kier molecular flexibility index (Phi) is 4.18. The van der Waals surface area contributed by atoms with E-state index in [1.54, 1.807) is 30.3 Å². The number of hydrogen-bond acceptors (Lipinski definition) is 3. The lowest BCUT2D eigenvalue weighted by molar-refractivity contribution is 0.0698. The van der Waals surface area contributed by atoms with Crippen LogP contribution in [0.5, 0.6) is 5.75 Å². The molecule has 0 aliphatic heterocycles. The van der Waals surface area contributed by atoms with Gasteiger partial charge < -0.3 is 15.9 Å². The Labute approximate surface area is 110 Å². The first-order chi connectivity index (χ1) is 8.11. The van der Waals surface area contributed by atoms with Crippen molar-refractivity contribution < 1.29 is 15.0 Å². The molecule has 0 saturated heterocycles. The van der Waals surface area contributed by atoms with Gasteiger partial charge in [-0.15, -0.1) is 12.4 Å². The van der Waals surface area contributed by atoms with E-state index < -0.39 is 5.97 Å². The van der Waals surface area contributed by atoms with Crippen molar-refractivity contribution in [2.75, 3.05) is 5.73 Å². The summed E-state index contributed by atoms with van der Waals surface area (Å²) in [6.07, 6.45) is 0. The van der Waals surface area contributed by atoms with E-state index in [0.717, 1.165) is 0 Å². The fraction of sp³-hybridized carbons (Fsp3) is 0. The van der Waals surface area contributed by atoms with Crippen LogP contribution in [0.3, 0.4) is 0 Å². The zero-order valence-corrected chi connectivity index (χ0v) is 10.1. The number of benzene rings is 2. The highest BCUT2D eigenvalue weighted by molar-refractivity contribution is 5.98. The lowest BCUT2D eigenvalue weighted by atomic mass is 9.99. The minimum Gasteiger partial charge on any atom is -0.507 e. The molecule has 0 bridgehead atoms. The summed E-state index contributed by atoms with van der Waals surface area (Å²) in [5.41, 5.74) is 7.02. The van der Waals surface area contributed by atoms with Gasteiger partial charge in [0.25, 0.3) is 0 Å². The largest absolute Gasteiger partial charge is 0.507 e. The molecule has 0 spiro atoms. The molecule has 4 nitrogen and oxygen atoms in total. The number of anilines is 1. The molecule has 0 aromatic heterocycles. The first kappa shape index (κ1) is 13.9. The van der Waals surface area contributed by atoms with Crippen molar-refractivity contribution in [2.45, 2.75) is 0 Å². The SMILES string of the molecule is Cl.Nc1c(C(=O)O)cccc1-c1ccccc1O. The summed E-state index contributed by atoms with van der Waals surface area (Å²) in [5, 5.41) is 18.7. The maximum absolute atomic E-state index is 10.9. The van der Waals surface area contributed by atoms with Gasteiger partial charge in [0.1, 0.15) is 5.75 Å². The molecule has 0 heterocycles. The Balaban J connectivity index is 0.00000162. The van der Waals surface area contributed by atoms with Crippen LogP contribution in [0.1, 0.15) is 10.4 Å². The molecule has 18 heavy (non-hydrogen) atoms. The van der Waals surface area contributed by atoms with Crippen molar-refractivity contribution in [3.05, 3.63) is 48.0 Å². The number of hydrogen-bond donors (Lipinski definition) is 3. The number of para-hydroxylation sites is 2. The Morgan fingerprint density at radius 3 is 2.22 bits per heavy atom. The molecule has 0 aliphatic carbocycles. The van der Waals surface area contributed by atoms with Crippen molar-refractivity contribution in [3.63, 3.8) is 0 Å². The van der Waals surface area contributed by atoms with E-state index in [-0.39, 0.29) is 29.4 Å². The van der Waals surface area contributed by atoms with Gasteiger partial charge in [0.15, 0.2) is 0 Å². The third-order valence-electron chi connectivity index (χ3n) is 2.53. The second-order valence-corrected chi connectivity index (χ2v) is 3.59. The molecule has 0 saturated carbocycles. The van der Waals surface area contributed by atoms with Crippen LogP contribution in [0.4, 0.5) is 5.69 Å². The fourth-order valence-electron chi connectivity index (χ4n) is 1.69. The zero-order chi connectivity index (χ0) is 12.4. The molecule has 0 amide bonds. The van der Waals surface area contributed by atoms with Crippen molar-refractivity contribution in [1.29, 1.82) is 0 Å². The van der Waals surface area contributed by atoms with Gasteiger partial charge in [-0.3, -0.25) is 0 Å². The smallest absolute Gasteiger partial charge is 0.337 e. The molecule has 0 atom stereocenters. The summed E-state index contributed by atoms with van der Waals surface area (Å²) in [6.45, 7) is 0. The highest BCUT2D eigenvalue weighted by Gasteiger charge is 2.13. The topological polar surface area (TPSA) is 83.6 Å². The number of halogens is 1. The minimum atomic E-state index is -1.08. The number of rotatable bonds is 2. The standard InChI is InChI=1S/C13H11NO3.ClH/c14-12-9(5-3-6-10(12)13(16)17)8-4-1-2-7-11(8)15;/h1-7,15H,14H2,(H,16,17);1H. The third-order valence-corrected chi connectivity index (χ3v) is 2.53. The fourth-order valence-corrected chi connectivity index (χ4v) is 1.69. The molecule has 0 radical (unpaired) electrons. The van der Waals surface area contributed by atoms with E-state index in [1.165, 1.54) is 12.1 Å². The van der Waals surface area contributed by atoms with E-state index in [4.69, 9.17) is 10.8 Å². The molecule has 94 valence electrons. The lowest BCUT2D eigenvalue weighted by Crippen LogP contribution is -2.03. The third kappa shape index (κ3) is 2.38. The number of phenols is 1. The Hall–Kier alpha value is -2.20. The van der Waals surface area contributed by atoms with Crippen LogP contribution in [0.15, 0.2) is 42.5 Å². The molecular weight excluding hydrogens is 254 g/mol. The maximum atomic E-state index is 10.9. The normalized spacial score (nSPS) is 9.56. The Bertz CT molecular complexity index is 584. The number of carboxylic acid groups (broad SMARTS) is 1. The molecule has 2 aromatic rings. The predicted octanol–water partition coefficient (Wildman–Crippen LogP) is 2.76. The van der Waals surface area contributed by atoms with Gasteiger partial charge >= 0.3 is 5.97 Å². The second-order valence-electron chi connectivity index (χ2n) is 3.59. The van der Waals surface area contributed by atoms with Crippen LogP contribution in [0, 0.1) is 0 Å². The average molecular weight is 266 g/mol. The van der Waals surface area contributed by atoms with Crippen molar-refractivity contribution >= 4 is 24.1 Å².